The lowest BCUT2D eigenvalue weighted by atomic mass is 9.83. The van der Waals surface area contributed by atoms with Crippen LogP contribution in [-0.2, 0) is 0 Å². The van der Waals surface area contributed by atoms with Gasteiger partial charge >= 0.3 is 0 Å². The highest BCUT2D eigenvalue weighted by atomic mass is 79.9. The van der Waals surface area contributed by atoms with E-state index in [4.69, 9.17) is 17.3 Å². The highest BCUT2D eigenvalue weighted by Gasteiger charge is 2.35. The van der Waals surface area contributed by atoms with Crippen LogP contribution in [0.25, 0.3) is 0 Å². The average Bonchev–Trinajstić information content (AvgIpc) is 2.87. The summed E-state index contributed by atoms with van der Waals surface area (Å²) < 4.78 is 13.2. The van der Waals surface area contributed by atoms with E-state index in [-0.39, 0.29) is 11.9 Å². The molecule has 2 aromatic rings. The van der Waals surface area contributed by atoms with Gasteiger partial charge in [-0.05, 0) is 47.7 Å². The highest BCUT2D eigenvalue weighted by Crippen LogP contribution is 2.32. The fourth-order valence-corrected chi connectivity index (χ4v) is 3.83. The van der Waals surface area contributed by atoms with E-state index < -0.39 is 0 Å². The fourth-order valence-electron chi connectivity index (χ4n) is 3.24. The van der Waals surface area contributed by atoms with Crippen molar-refractivity contribution in [2.24, 2.45) is 11.1 Å². The predicted octanol–water partition coefficient (Wildman–Crippen LogP) is 5.75. The van der Waals surface area contributed by atoms with Crippen LogP contribution >= 0.6 is 27.5 Å². The second-order valence-corrected chi connectivity index (χ2v) is 9.31. The zero-order valence-corrected chi connectivity index (χ0v) is 17.8. The van der Waals surface area contributed by atoms with Crippen LogP contribution in [0.1, 0.15) is 38.7 Å². The SMILES string of the molecule is CC(C)(C)CC1NCC(c2cccc(Br)c2)C1N.Fc1cccc(Cl)c1. The monoisotopic (exact) mass is 440 g/mol. The summed E-state index contributed by atoms with van der Waals surface area (Å²) in [6.45, 7) is 7.80. The Kier molecular flexibility index (Phi) is 7.65. The Bertz CT molecular complexity index is 700. The summed E-state index contributed by atoms with van der Waals surface area (Å²) in [5, 5.41) is 4.03. The highest BCUT2D eigenvalue weighted by molar-refractivity contribution is 9.10. The molecule has 0 spiro atoms. The molecule has 1 fully saturated rings. The molecule has 1 saturated heterocycles. The van der Waals surface area contributed by atoms with E-state index in [0.717, 1.165) is 17.4 Å². The van der Waals surface area contributed by atoms with E-state index in [0.29, 0.717) is 22.4 Å². The molecule has 2 aromatic carbocycles. The molecule has 26 heavy (non-hydrogen) atoms. The molecule has 0 aromatic heterocycles. The molecule has 142 valence electrons. The van der Waals surface area contributed by atoms with Gasteiger partial charge in [0.25, 0.3) is 0 Å². The summed E-state index contributed by atoms with van der Waals surface area (Å²) >= 11 is 8.94. The molecule has 1 aliphatic heterocycles. The number of rotatable bonds is 2. The Balaban J connectivity index is 0.000000254. The van der Waals surface area contributed by atoms with Gasteiger partial charge in [0.2, 0.25) is 0 Å². The first-order chi connectivity index (χ1) is 12.2. The third-order valence-corrected chi connectivity index (χ3v) is 5.15. The zero-order valence-electron chi connectivity index (χ0n) is 15.5. The van der Waals surface area contributed by atoms with Crippen molar-refractivity contribution < 1.29 is 4.39 Å². The zero-order chi connectivity index (χ0) is 19.3. The van der Waals surface area contributed by atoms with Crippen LogP contribution in [0, 0.1) is 11.2 Å². The topological polar surface area (TPSA) is 38.0 Å². The number of nitrogens with one attached hydrogen (secondary N) is 1. The Morgan fingerprint density at radius 1 is 1.19 bits per heavy atom. The van der Waals surface area contributed by atoms with Crippen LogP contribution in [0.5, 0.6) is 0 Å². The summed E-state index contributed by atoms with van der Waals surface area (Å²) in [5.41, 5.74) is 8.09. The van der Waals surface area contributed by atoms with Crippen molar-refractivity contribution >= 4 is 27.5 Å². The first kappa shape index (κ1) is 21.4. The van der Waals surface area contributed by atoms with Gasteiger partial charge in [-0.2, -0.15) is 0 Å². The molecule has 3 atom stereocenters. The van der Waals surface area contributed by atoms with Crippen molar-refractivity contribution in [1.82, 2.24) is 5.32 Å². The van der Waals surface area contributed by atoms with Gasteiger partial charge in [0.1, 0.15) is 5.82 Å². The molecular formula is C21H27BrClFN2. The lowest BCUT2D eigenvalue weighted by Crippen LogP contribution is -2.40. The lowest BCUT2D eigenvalue weighted by Gasteiger charge is -2.27. The normalized spacial score (nSPS) is 22.7. The van der Waals surface area contributed by atoms with E-state index in [2.05, 4.69) is 66.3 Å². The second kappa shape index (κ2) is 9.32. The first-order valence-corrected chi connectivity index (χ1v) is 9.98. The van der Waals surface area contributed by atoms with Crippen LogP contribution in [0.3, 0.4) is 0 Å². The molecule has 1 heterocycles. The van der Waals surface area contributed by atoms with Crippen LogP contribution < -0.4 is 11.1 Å². The largest absolute Gasteiger partial charge is 0.326 e. The summed E-state index contributed by atoms with van der Waals surface area (Å²) in [6.07, 6.45) is 1.12. The van der Waals surface area contributed by atoms with E-state index in [1.54, 1.807) is 12.1 Å². The standard InChI is InChI=1S/C15H23BrN2.C6H4ClF/c1-15(2,3)8-13-14(17)12(9-18-13)10-5-4-6-11(16)7-10;7-5-2-1-3-6(8)4-5/h4-7,12-14,18H,8-9,17H2,1-3H3;1-4H. The fraction of sp³-hybridized carbons (Fsp3) is 0.429. The Morgan fingerprint density at radius 3 is 2.42 bits per heavy atom. The van der Waals surface area contributed by atoms with Crippen LogP contribution in [0.2, 0.25) is 5.02 Å². The number of benzene rings is 2. The quantitative estimate of drug-likeness (QED) is 0.623. The van der Waals surface area contributed by atoms with Gasteiger partial charge in [-0.25, -0.2) is 4.39 Å². The number of halogens is 3. The van der Waals surface area contributed by atoms with Gasteiger partial charge in [0.05, 0.1) is 0 Å². The first-order valence-electron chi connectivity index (χ1n) is 8.81. The third kappa shape index (κ3) is 6.66. The van der Waals surface area contributed by atoms with Gasteiger partial charge in [-0.15, -0.1) is 0 Å². The van der Waals surface area contributed by atoms with Gasteiger partial charge in [-0.1, -0.05) is 66.5 Å². The minimum atomic E-state index is -0.294. The maximum Gasteiger partial charge on any atom is 0.124 e. The smallest absolute Gasteiger partial charge is 0.124 e. The van der Waals surface area contributed by atoms with Crippen molar-refractivity contribution in [2.75, 3.05) is 6.54 Å². The van der Waals surface area contributed by atoms with E-state index in [1.807, 2.05) is 0 Å². The van der Waals surface area contributed by atoms with Gasteiger partial charge in [0.15, 0.2) is 0 Å². The predicted molar refractivity (Wildman–Crippen MR) is 112 cm³/mol. The summed E-state index contributed by atoms with van der Waals surface area (Å²) in [7, 11) is 0. The number of nitrogens with two attached hydrogens (primary N) is 1. The third-order valence-electron chi connectivity index (χ3n) is 4.42. The molecule has 0 saturated carbocycles. The molecule has 0 bridgehead atoms. The van der Waals surface area contributed by atoms with Crippen molar-refractivity contribution in [1.29, 1.82) is 0 Å². The molecule has 3 unspecified atom stereocenters. The number of hydrogen-bond donors (Lipinski definition) is 2. The molecule has 2 nitrogen and oxygen atoms in total. The molecule has 3 rings (SSSR count). The van der Waals surface area contributed by atoms with Crippen molar-refractivity contribution in [3.8, 4) is 0 Å². The van der Waals surface area contributed by atoms with Crippen LogP contribution in [-0.4, -0.2) is 18.6 Å². The Morgan fingerprint density at radius 2 is 1.88 bits per heavy atom. The molecule has 0 amide bonds. The van der Waals surface area contributed by atoms with Crippen molar-refractivity contribution in [3.05, 3.63) is 69.4 Å². The summed E-state index contributed by atoms with van der Waals surface area (Å²) in [6, 6.07) is 15.0. The minimum absolute atomic E-state index is 0.207. The van der Waals surface area contributed by atoms with Gasteiger partial charge in [0, 0.05) is 34.0 Å². The molecule has 0 radical (unpaired) electrons. The molecule has 1 aliphatic rings. The lowest BCUT2D eigenvalue weighted by molar-refractivity contribution is 0.310. The van der Waals surface area contributed by atoms with Crippen molar-refractivity contribution in [2.45, 2.75) is 45.2 Å². The summed E-state index contributed by atoms with van der Waals surface area (Å²) in [5.74, 6) is 0.132. The molecule has 0 aliphatic carbocycles. The summed E-state index contributed by atoms with van der Waals surface area (Å²) in [4.78, 5) is 0. The van der Waals surface area contributed by atoms with E-state index >= 15 is 0 Å². The molecular weight excluding hydrogens is 415 g/mol. The number of hydrogen-bond acceptors (Lipinski definition) is 2. The Labute approximate surface area is 169 Å². The Hall–Kier alpha value is -0.940. The average molecular weight is 442 g/mol. The van der Waals surface area contributed by atoms with Crippen molar-refractivity contribution in [3.63, 3.8) is 0 Å². The van der Waals surface area contributed by atoms with E-state index in [1.165, 1.54) is 17.7 Å². The van der Waals surface area contributed by atoms with Crippen LogP contribution in [0.15, 0.2) is 53.0 Å². The van der Waals surface area contributed by atoms with E-state index in [9.17, 15) is 4.39 Å². The molecule has 3 N–H and O–H groups in total. The van der Waals surface area contributed by atoms with Gasteiger partial charge < -0.3 is 11.1 Å². The maximum atomic E-state index is 12.1. The maximum absolute atomic E-state index is 12.1. The minimum Gasteiger partial charge on any atom is -0.326 e. The second-order valence-electron chi connectivity index (χ2n) is 7.96. The van der Waals surface area contributed by atoms with Gasteiger partial charge in [-0.3, -0.25) is 0 Å². The van der Waals surface area contributed by atoms with Crippen LogP contribution in [0.4, 0.5) is 4.39 Å². The molecule has 5 heteroatoms.